The second kappa shape index (κ2) is 6.56. The van der Waals surface area contributed by atoms with Crippen molar-refractivity contribution in [3.63, 3.8) is 0 Å². The zero-order valence-corrected chi connectivity index (χ0v) is 11.7. The van der Waals surface area contributed by atoms with E-state index in [4.69, 9.17) is 5.73 Å². The van der Waals surface area contributed by atoms with Gasteiger partial charge in [0.1, 0.15) is 0 Å². The van der Waals surface area contributed by atoms with Crippen LogP contribution in [0.2, 0.25) is 0 Å². The van der Waals surface area contributed by atoms with Crippen molar-refractivity contribution in [3.05, 3.63) is 17.8 Å². The number of anilines is 2. The molecule has 1 saturated heterocycles. The fourth-order valence-corrected chi connectivity index (χ4v) is 2.55. The number of ether oxygens (including phenoxy) is 1. The zero-order valence-electron chi connectivity index (χ0n) is 11.7. The van der Waals surface area contributed by atoms with Crippen molar-refractivity contribution < 1.29 is 14.6 Å². The predicted octanol–water partition coefficient (Wildman–Crippen LogP) is 1.19. The third-order valence-corrected chi connectivity index (χ3v) is 3.66. The van der Waals surface area contributed by atoms with Crippen LogP contribution in [0.1, 0.15) is 36.2 Å². The minimum Gasteiger partial charge on any atom is -0.464 e. The topological polar surface area (TPSA) is 88.7 Å². The van der Waals surface area contributed by atoms with Crippen LogP contribution < -0.4 is 10.6 Å². The number of nitrogens with two attached hydrogens (primary N) is 1. The Morgan fingerprint density at radius 3 is 3.00 bits per heavy atom. The molecule has 0 bridgehead atoms. The van der Waals surface area contributed by atoms with Gasteiger partial charge in [0, 0.05) is 6.54 Å². The molecular formula is C14H21N3O3. The van der Waals surface area contributed by atoms with Gasteiger partial charge >= 0.3 is 5.97 Å². The number of aliphatic hydroxyl groups is 1. The number of esters is 1. The number of pyridine rings is 1. The van der Waals surface area contributed by atoms with E-state index >= 15 is 0 Å². The first-order valence-corrected chi connectivity index (χ1v) is 6.89. The highest BCUT2D eigenvalue weighted by molar-refractivity contribution is 5.88. The molecule has 6 heteroatoms. The maximum atomic E-state index is 11.6. The summed E-state index contributed by atoms with van der Waals surface area (Å²) >= 11 is 0. The summed E-state index contributed by atoms with van der Waals surface area (Å²) in [6, 6.07) is 3.21. The molecular weight excluding hydrogens is 258 g/mol. The van der Waals surface area contributed by atoms with Crippen LogP contribution in [0.4, 0.5) is 11.5 Å². The van der Waals surface area contributed by atoms with Gasteiger partial charge in [0.25, 0.3) is 0 Å². The van der Waals surface area contributed by atoms with E-state index in [1.807, 2.05) is 4.90 Å². The molecule has 1 aromatic heterocycles. The SMILES string of the molecule is COC(=O)c1ccc(N)c(N2CCCCCC2CO)n1. The standard InChI is InChI=1S/C14H21N3O3/c1-20-14(19)12-7-6-11(15)13(16-12)17-8-4-2-3-5-10(17)9-18/h6-7,10,18H,2-5,8-9,15H2,1H3. The lowest BCUT2D eigenvalue weighted by molar-refractivity contribution is 0.0594. The average molecular weight is 279 g/mol. The van der Waals surface area contributed by atoms with Gasteiger partial charge in [-0.05, 0) is 25.0 Å². The van der Waals surface area contributed by atoms with E-state index in [2.05, 4.69) is 9.72 Å². The van der Waals surface area contributed by atoms with Crippen molar-refractivity contribution in [2.75, 3.05) is 30.9 Å². The molecule has 2 rings (SSSR count). The first kappa shape index (κ1) is 14.6. The molecule has 0 aliphatic carbocycles. The van der Waals surface area contributed by atoms with E-state index in [1.54, 1.807) is 12.1 Å². The molecule has 1 aliphatic heterocycles. The van der Waals surface area contributed by atoms with Crippen molar-refractivity contribution in [1.29, 1.82) is 0 Å². The van der Waals surface area contributed by atoms with Crippen molar-refractivity contribution in [2.45, 2.75) is 31.7 Å². The van der Waals surface area contributed by atoms with Gasteiger partial charge in [0.15, 0.2) is 11.5 Å². The van der Waals surface area contributed by atoms with E-state index in [-0.39, 0.29) is 18.3 Å². The van der Waals surface area contributed by atoms with E-state index in [0.717, 1.165) is 32.2 Å². The summed E-state index contributed by atoms with van der Waals surface area (Å²) in [6.45, 7) is 0.844. The van der Waals surface area contributed by atoms with Crippen molar-refractivity contribution in [2.24, 2.45) is 0 Å². The normalized spacial score (nSPS) is 19.5. The lowest BCUT2D eigenvalue weighted by atomic mass is 10.1. The highest BCUT2D eigenvalue weighted by atomic mass is 16.5. The number of hydrogen-bond donors (Lipinski definition) is 2. The molecule has 0 saturated carbocycles. The van der Waals surface area contributed by atoms with Crippen LogP contribution in [0.25, 0.3) is 0 Å². The number of nitrogen functional groups attached to an aromatic ring is 1. The summed E-state index contributed by atoms with van der Waals surface area (Å²) in [5.74, 6) is 0.0791. The number of carbonyl (C=O) groups is 1. The Bertz CT molecular complexity index is 479. The molecule has 0 spiro atoms. The smallest absolute Gasteiger partial charge is 0.356 e. The van der Waals surface area contributed by atoms with Crippen molar-refractivity contribution in [3.8, 4) is 0 Å². The number of hydrogen-bond acceptors (Lipinski definition) is 6. The van der Waals surface area contributed by atoms with Gasteiger partial charge < -0.3 is 20.5 Å². The Balaban J connectivity index is 2.35. The summed E-state index contributed by atoms with van der Waals surface area (Å²) in [5.41, 5.74) is 6.74. The quantitative estimate of drug-likeness (QED) is 0.808. The maximum Gasteiger partial charge on any atom is 0.356 e. The summed E-state index contributed by atoms with van der Waals surface area (Å²) in [7, 11) is 1.32. The molecule has 6 nitrogen and oxygen atoms in total. The summed E-state index contributed by atoms with van der Waals surface area (Å²) in [4.78, 5) is 17.9. The number of aromatic nitrogens is 1. The van der Waals surface area contributed by atoms with E-state index in [1.165, 1.54) is 7.11 Å². The van der Waals surface area contributed by atoms with E-state index in [0.29, 0.717) is 11.5 Å². The Labute approximate surface area is 118 Å². The van der Waals surface area contributed by atoms with Crippen molar-refractivity contribution >= 4 is 17.5 Å². The largest absolute Gasteiger partial charge is 0.464 e. The first-order chi connectivity index (χ1) is 9.67. The van der Waals surface area contributed by atoms with Crippen LogP contribution in [-0.4, -0.2) is 42.4 Å². The second-order valence-corrected chi connectivity index (χ2v) is 4.98. The monoisotopic (exact) mass is 279 g/mol. The average Bonchev–Trinajstić information content (AvgIpc) is 2.72. The fraction of sp³-hybridized carbons (Fsp3) is 0.571. The Morgan fingerprint density at radius 2 is 2.30 bits per heavy atom. The Kier molecular flexibility index (Phi) is 4.79. The van der Waals surface area contributed by atoms with E-state index in [9.17, 15) is 9.90 Å². The van der Waals surface area contributed by atoms with Gasteiger partial charge in [-0.2, -0.15) is 0 Å². The van der Waals surface area contributed by atoms with Crippen LogP contribution in [0.15, 0.2) is 12.1 Å². The summed E-state index contributed by atoms with van der Waals surface area (Å²) in [5, 5.41) is 9.56. The highest BCUT2D eigenvalue weighted by Gasteiger charge is 2.24. The summed E-state index contributed by atoms with van der Waals surface area (Å²) in [6.07, 6.45) is 4.14. The zero-order chi connectivity index (χ0) is 14.5. The van der Waals surface area contributed by atoms with Gasteiger partial charge in [-0.3, -0.25) is 0 Å². The highest BCUT2D eigenvalue weighted by Crippen LogP contribution is 2.27. The van der Waals surface area contributed by atoms with Crippen LogP contribution >= 0.6 is 0 Å². The van der Waals surface area contributed by atoms with Gasteiger partial charge in [0.2, 0.25) is 0 Å². The predicted molar refractivity (Wildman–Crippen MR) is 76.7 cm³/mol. The number of aliphatic hydroxyl groups excluding tert-OH is 1. The van der Waals surface area contributed by atoms with Crippen molar-refractivity contribution in [1.82, 2.24) is 4.98 Å². The third-order valence-electron chi connectivity index (χ3n) is 3.66. The minimum absolute atomic E-state index is 0.000182. The molecule has 2 heterocycles. The van der Waals surface area contributed by atoms with Gasteiger partial charge in [-0.25, -0.2) is 9.78 Å². The molecule has 0 radical (unpaired) electrons. The number of nitrogens with zero attached hydrogens (tertiary/aromatic N) is 2. The lowest BCUT2D eigenvalue weighted by Gasteiger charge is -2.30. The van der Waals surface area contributed by atoms with Crippen LogP contribution in [0.3, 0.4) is 0 Å². The van der Waals surface area contributed by atoms with E-state index < -0.39 is 5.97 Å². The van der Waals surface area contributed by atoms with Gasteiger partial charge in [-0.15, -0.1) is 0 Å². The van der Waals surface area contributed by atoms with Gasteiger partial charge in [-0.1, -0.05) is 12.8 Å². The molecule has 1 aliphatic rings. The molecule has 1 atom stereocenters. The molecule has 1 aromatic rings. The lowest BCUT2D eigenvalue weighted by Crippen LogP contribution is -2.38. The fourth-order valence-electron chi connectivity index (χ4n) is 2.55. The minimum atomic E-state index is -0.485. The van der Waals surface area contributed by atoms with Crippen LogP contribution in [-0.2, 0) is 4.74 Å². The van der Waals surface area contributed by atoms with Crippen LogP contribution in [0.5, 0.6) is 0 Å². The summed E-state index contributed by atoms with van der Waals surface area (Å²) < 4.78 is 4.69. The Hall–Kier alpha value is -1.82. The molecule has 3 N–H and O–H groups in total. The number of rotatable bonds is 3. The first-order valence-electron chi connectivity index (χ1n) is 6.89. The Morgan fingerprint density at radius 1 is 1.50 bits per heavy atom. The molecule has 0 aromatic carbocycles. The number of carbonyl (C=O) groups excluding carboxylic acids is 1. The number of methoxy groups -OCH3 is 1. The molecule has 1 fully saturated rings. The van der Waals surface area contributed by atoms with Crippen LogP contribution in [0, 0.1) is 0 Å². The molecule has 0 amide bonds. The van der Waals surface area contributed by atoms with Gasteiger partial charge in [0.05, 0.1) is 25.4 Å². The third kappa shape index (κ3) is 3.01. The molecule has 1 unspecified atom stereocenters. The molecule has 110 valence electrons. The second-order valence-electron chi connectivity index (χ2n) is 4.98. The maximum absolute atomic E-state index is 11.6. The molecule has 20 heavy (non-hydrogen) atoms.